The molecule has 1 aromatic rings. The molecule has 0 unspecified atom stereocenters. The van der Waals surface area contributed by atoms with E-state index in [1.807, 2.05) is 17.8 Å². The summed E-state index contributed by atoms with van der Waals surface area (Å²) in [6, 6.07) is 5.08. The summed E-state index contributed by atoms with van der Waals surface area (Å²) in [7, 11) is 0. The Balaban J connectivity index is 2.75. The number of nitrogens with one attached hydrogen (secondary N) is 1. The Kier molecular flexibility index (Phi) is 7.33. The van der Waals surface area contributed by atoms with Gasteiger partial charge in [-0.25, -0.2) is 0 Å². The van der Waals surface area contributed by atoms with Gasteiger partial charge in [-0.15, -0.1) is 0 Å². The lowest BCUT2D eigenvalue weighted by molar-refractivity contribution is -0.384. The number of nitro groups is 1. The smallest absolute Gasteiger partial charge is 0.269 e. The minimum Gasteiger partial charge on any atom is -0.385 e. The first-order valence-corrected chi connectivity index (χ1v) is 7.93. The molecule has 0 heterocycles. The minimum atomic E-state index is -0.330. The average Bonchev–Trinajstić information content (AvgIpc) is 2.41. The molecule has 0 radical (unpaired) electrons. The third-order valence-corrected chi connectivity index (χ3v) is 3.86. The number of anilines is 1. The van der Waals surface area contributed by atoms with Crippen LogP contribution >= 0.6 is 11.8 Å². The van der Waals surface area contributed by atoms with Crippen LogP contribution in [0.15, 0.2) is 18.2 Å². The first kappa shape index (κ1) is 15.8. The maximum atomic E-state index is 10.8. The molecule has 0 amide bonds. The Morgan fingerprint density at radius 3 is 2.74 bits per heavy atom. The van der Waals surface area contributed by atoms with Crippen molar-refractivity contribution in [1.82, 2.24) is 0 Å². The maximum absolute atomic E-state index is 10.8. The molecule has 4 nitrogen and oxygen atoms in total. The Morgan fingerprint density at radius 2 is 2.11 bits per heavy atom. The lowest BCUT2D eigenvalue weighted by atomic mass is 10.1. The number of rotatable bonds is 9. The van der Waals surface area contributed by atoms with Gasteiger partial charge in [-0.1, -0.05) is 20.3 Å². The van der Waals surface area contributed by atoms with Crippen molar-refractivity contribution in [3.63, 3.8) is 0 Å². The molecule has 0 bridgehead atoms. The fourth-order valence-corrected chi connectivity index (χ4v) is 2.77. The number of unbranched alkanes of at least 4 members (excludes halogenated alkanes) is 1. The molecule has 0 aliphatic rings. The van der Waals surface area contributed by atoms with Gasteiger partial charge in [0.15, 0.2) is 0 Å². The average molecular weight is 282 g/mol. The van der Waals surface area contributed by atoms with Gasteiger partial charge in [-0.3, -0.25) is 10.1 Å². The second-order valence-corrected chi connectivity index (χ2v) is 5.54. The van der Waals surface area contributed by atoms with Gasteiger partial charge in [0.25, 0.3) is 5.69 Å². The van der Waals surface area contributed by atoms with E-state index in [1.54, 1.807) is 12.1 Å². The molecule has 1 aromatic carbocycles. The number of nitro benzene ring substituents is 1. The summed E-state index contributed by atoms with van der Waals surface area (Å²) < 4.78 is 0. The summed E-state index contributed by atoms with van der Waals surface area (Å²) in [5.74, 6) is 1.93. The van der Waals surface area contributed by atoms with Gasteiger partial charge in [-0.2, -0.15) is 11.8 Å². The Labute approximate surface area is 119 Å². The number of hydrogen-bond donors (Lipinski definition) is 1. The summed E-state index contributed by atoms with van der Waals surface area (Å²) >= 11 is 1.84. The molecular weight excluding hydrogens is 260 g/mol. The highest BCUT2D eigenvalue weighted by Crippen LogP contribution is 2.26. The largest absolute Gasteiger partial charge is 0.385 e. The van der Waals surface area contributed by atoms with Crippen molar-refractivity contribution in [3.05, 3.63) is 33.9 Å². The van der Waals surface area contributed by atoms with E-state index in [1.165, 1.54) is 12.8 Å². The Morgan fingerprint density at radius 1 is 1.32 bits per heavy atom. The quantitative estimate of drug-likeness (QED) is 0.413. The van der Waals surface area contributed by atoms with Gasteiger partial charge >= 0.3 is 0 Å². The highest BCUT2D eigenvalue weighted by molar-refractivity contribution is 7.98. The summed E-state index contributed by atoms with van der Waals surface area (Å²) in [4.78, 5) is 10.5. The lowest BCUT2D eigenvalue weighted by Crippen LogP contribution is -2.03. The summed E-state index contributed by atoms with van der Waals surface area (Å²) in [5, 5.41) is 14.2. The van der Waals surface area contributed by atoms with Gasteiger partial charge in [0.2, 0.25) is 0 Å². The first-order chi connectivity index (χ1) is 9.19. The molecule has 1 rings (SSSR count). The molecule has 106 valence electrons. The van der Waals surface area contributed by atoms with Crippen LogP contribution in [0, 0.1) is 10.1 Å². The number of non-ortho nitro benzene ring substituents is 1. The molecular formula is C14H22N2O2S. The minimum absolute atomic E-state index is 0.174. The van der Waals surface area contributed by atoms with E-state index in [0.29, 0.717) is 0 Å². The van der Waals surface area contributed by atoms with Crippen molar-refractivity contribution in [1.29, 1.82) is 0 Å². The summed E-state index contributed by atoms with van der Waals surface area (Å²) in [6.07, 6.45) is 3.42. The van der Waals surface area contributed by atoms with Crippen LogP contribution in [-0.2, 0) is 5.75 Å². The second kappa shape index (κ2) is 8.80. The van der Waals surface area contributed by atoms with E-state index in [0.717, 1.165) is 35.7 Å². The molecule has 0 aliphatic heterocycles. The van der Waals surface area contributed by atoms with Gasteiger partial charge in [0.1, 0.15) is 0 Å². The van der Waals surface area contributed by atoms with Crippen LogP contribution in [0.4, 0.5) is 11.4 Å². The van der Waals surface area contributed by atoms with E-state index in [4.69, 9.17) is 0 Å². The molecule has 0 atom stereocenters. The number of hydrogen-bond acceptors (Lipinski definition) is 4. The zero-order valence-corrected chi connectivity index (χ0v) is 12.5. The van der Waals surface area contributed by atoms with Crippen LogP contribution in [0.5, 0.6) is 0 Å². The molecule has 19 heavy (non-hydrogen) atoms. The van der Waals surface area contributed by atoms with Crippen molar-refractivity contribution < 1.29 is 4.92 Å². The SMILES string of the molecule is CCCCSCc1cc([N+](=O)[O-])ccc1NCCC. The molecule has 0 aliphatic carbocycles. The molecule has 0 aromatic heterocycles. The lowest BCUT2D eigenvalue weighted by Gasteiger charge is -2.11. The maximum Gasteiger partial charge on any atom is 0.269 e. The third-order valence-electron chi connectivity index (χ3n) is 2.76. The summed E-state index contributed by atoms with van der Waals surface area (Å²) in [5.41, 5.74) is 2.23. The van der Waals surface area contributed by atoms with Crippen molar-refractivity contribution in [3.8, 4) is 0 Å². The van der Waals surface area contributed by atoms with Crippen LogP contribution in [0.1, 0.15) is 38.7 Å². The van der Waals surface area contributed by atoms with Crippen LogP contribution < -0.4 is 5.32 Å². The van der Waals surface area contributed by atoms with E-state index in [9.17, 15) is 10.1 Å². The molecule has 5 heteroatoms. The van der Waals surface area contributed by atoms with Crippen LogP contribution in [-0.4, -0.2) is 17.2 Å². The van der Waals surface area contributed by atoms with Crippen molar-refractivity contribution in [2.45, 2.75) is 38.9 Å². The van der Waals surface area contributed by atoms with Crippen LogP contribution in [0.25, 0.3) is 0 Å². The van der Waals surface area contributed by atoms with Crippen molar-refractivity contribution in [2.75, 3.05) is 17.6 Å². The predicted octanol–water partition coefficient (Wildman–Crippen LogP) is 4.45. The van der Waals surface area contributed by atoms with E-state index in [-0.39, 0.29) is 10.6 Å². The predicted molar refractivity (Wildman–Crippen MR) is 82.9 cm³/mol. The zero-order chi connectivity index (χ0) is 14.1. The van der Waals surface area contributed by atoms with Crippen LogP contribution in [0.3, 0.4) is 0 Å². The van der Waals surface area contributed by atoms with Gasteiger partial charge in [0.05, 0.1) is 4.92 Å². The van der Waals surface area contributed by atoms with E-state index in [2.05, 4.69) is 19.2 Å². The van der Waals surface area contributed by atoms with Crippen molar-refractivity contribution >= 4 is 23.1 Å². The van der Waals surface area contributed by atoms with E-state index < -0.39 is 0 Å². The third kappa shape index (κ3) is 5.51. The van der Waals surface area contributed by atoms with Gasteiger partial charge < -0.3 is 5.32 Å². The second-order valence-electron chi connectivity index (χ2n) is 4.43. The Hall–Kier alpha value is -1.23. The van der Waals surface area contributed by atoms with E-state index >= 15 is 0 Å². The molecule has 1 N–H and O–H groups in total. The fourth-order valence-electron chi connectivity index (χ4n) is 1.67. The van der Waals surface area contributed by atoms with Crippen LogP contribution in [0.2, 0.25) is 0 Å². The fraction of sp³-hybridized carbons (Fsp3) is 0.571. The highest BCUT2D eigenvalue weighted by atomic mass is 32.2. The van der Waals surface area contributed by atoms with Crippen molar-refractivity contribution in [2.24, 2.45) is 0 Å². The molecule has 0 saturated heterocycles. The number of thioether (sulfide) groups is 1. The first-order valence-electron chi connectivity index (χ1n) is 6.78. The van der Waals surface area contributed by atoms with Gasteiger partial charge in [0, 0.05) is 30.1 Å². The Bertz CT molecular complexity index is 410. The molecule has 0 fully saturated rings. The normalized spacial score (nSPS) is 10.4. The number of nitrogens with zero attached hydrogens (tertiary/aromatic N) is 1. The molecule has 0 saturated carbocycles. The zero-order valence-electron chi connectivity index (χ0n) is 11.6. The molecule has 0 spiro atoms. The summed E-state index contributed by atoms with van der Waals surface area (Å²) in [6.45, 7) is 5.17. The monoisotopic (exact) mass is 282 g/mol. The topological polar surface area (TPSA) is 55.2 Å². The van der Waals surface area contributed by atoms with Gasteiger partial charge in [-0.05, 0) is 30.2 Å². The standard InChI is InChI=1S/C14H22N2O2S/c1-3-5-9-19-11-12-10-13(16(17)18)6-7-14(12)15-8-4-2/h6-7,10,15H,3-5,8-9,11H2,1-2H3. The highest BCUT2D eigenvalue weighted by Gasteiger charge is 2.10. The number of benzene rings is 1.